The van der Waals surface area contributed by atoms with Crippen LogP contribution in [0.2, 0.25) is 0 Å². The Morgan fingerprint density at radius 1 is 0.966 bits per heavy atom. The Bertz CT molecular complexity index is 794. The van der Waals surface area contributed by atoms with Gasteiger partial charge < -0.3 is 4.90 Å². The lowest BCUT2D eigenvalue weighted by Crippen LogP contribution is -2.59. The fourth-order valence-electron chi connectivity index (χ4n) is 11.1. The minimum Gasteiger partial charge on any atom is -0.306 e. The molecule has 2 nitrogen and oxygen atoms in total. The first-order valence-electron chi connectivity index (χ1n) is 12.3. The van der Waals surface area contributed by atoms with E-state index in [0.29, 0.717) is 28.1 Å². The summed E-state index contributed by atoms with van der Waals surface area (Å²) in [5, 5.41) is 0. The fourth-order valence-corrected chi connectivity index (χ4v) is 11.1. The second kappa shape index (κ2) is 5.59. The van der Waals surface area contributed by atoms with Crippen LogP contribution in [0.3, 0.4) is 0 Å². The van der Waals surface area contributed by atoms with Crippen molar-refractivity contribution in [1.82, 2.24) is 4.90 Å². The van der Waals surface area contributed by atoms with Crippen molar-refractivity contribution in [3.63, 3.8) is 0 Å². The van der Waals surface area contributed by atoms with Crippen molar-refractivity contribution in [2.45, 2.75) is 92.5 Å². The summed E-state index contributed by atoms with van der Waals surface area (Å²) in [5.74, 6) is 2.83. The monoisotopic (exact) mass is 397 g/mol. The molecule has 0 aromatic rings. The predicted molar refractivity (Wildman–Crippen MR) is 120 cm³/mol. The Morgan fingerprint density at radius 3 is 2.21 bits per heavy atom. The van der Waals surface area contributed by atoms with Crippen LogP contribution in [0.4, 0.5) is 0 Å². The van der Waals surface area contributed by atoms with Crippen LogP contribution < -0.4 is 0 Å². The molecule has 29 heavy (non-hydrogen) atoms. The highest BCUT2D eigenvalue weighted by Gasteiger charge is 2.85. The number of hydrogen-bond donors (Lipinski definition) is 0. The van der Waals surface area contributed by atoms with Gasteiger partial charge in [0.1, 0.15) is 0 Å². The van der Waals surface area contributed by atoms with Gasteiger partial charge in [-0.15, -0.1) is 0 Å². The van der Waals surface area contributed by atoms with Gasteiger partial charge in [-0.05, 0) is 111 Å². The van der Waals surface area contributed by atoms with E-state index < -0.39 is 0 Å². The molecule has 0 radical (unpaired) electrons. The molecule has 5 aliphatic rings. The SMILES string of the molecule is CC(=O)C1=CC[C@@]2(C)[C@@H]3CC[C@H]4C(C)(C)[C@@H](N(C)C)CCC45[C@@H](C)[C@@]35CC[C@]12C. The van der Waals surface area contributed by atoms with Gasteiger partial charge in [0.15, 0.2) is 5.78 Å². The van der Waals surface area contributed by atoms with Crippen molar-refractivity contribution >= 4 is 5.78 Å². The average Bonchev–Trinajstić information content (AvgIpc) is 3.00. The largest absolute Gasteiger partial charge is 0.306 e. The molecule has 0 aliphatic heterocycles. The minimum absolute atomic E-state index is 0.0987. The lowest BCUT2D eigenvalue weighted by atomic mass is 9.42. The second-order valence-electron chi connectivity index (χ2n) is 13.0. The van der Waals surface area contributed by atoms with E-state index >= 15 is 0 Å². The van der Waals surface area contributed by atoms with Crippen LogP contribution in [0.1, 0.15) is 86.5 Å². The smallest absolute Gasteiger partial charge is 0.156 e. The number of fused-ring (bicyclic) bond motifs is 2. The molecule has 0 saturated heterocycles. The molecule has 5 aliphatic carbocycles. The maximum Gasteiger partial charge on any atom is 0.156 e. The molecule has 0 amide bonds. The molecule has 0 N–H and O–H groups in total. The predicted octanol–water partition coefficient (Wildman–Crippen LogP) is 6.11. The van der Waals surface area contributed by atoms with E-state index in [1.807, 2.05) is 0 Å². The summed E-state index contributed by atoms with van der Waals surface area (Å²) in [6.07, 6.45) is 11.6. The van der Waals surface area contributed by atoms with E-state index in [2.05, 4.69) is 59.7 Å². The molecule has 0 heterocycles. The summed E-state index contributed by atoms with van der Waals surface area (Å²) in [6.45, 7) is 14.6. The van der Waals surface area contributed by atoms with Crippen molar-refractivity contribution < 1.29 is 4.79 Å². The van der Waals surface area contributed by atoms with E-state index in [1.54, 1.807) is 6.92 Å². The van der Waals surface area contributed by atoms with Crippen LogP contribution >= 0.6 is 0 Å². The zero-order valence-electron chi connectivity index (χ0n) is 20.2. The third-order valence-corrected chi connectivity index (χ3v) is 12.3. The van der Waals surface area contributed by atoms with Gasteiger partial charge in [-0.1, -0.05) is 40.7 Å². The first-order valence-corrected chi connectivity index (χ1v) is 12.3. The second-order valence-corrected chi connectivity index (χ2v) is 13.0. The third kappa shape index (κ3) is 1.94. The molecular weight excluding hydrogens is 354 g/mol. The topological polar surface area (TPSA) is 20.3 Å². The van der Waals surface area contributed by atoms with Gasteiger partial charge in [0.2, 0.25) is 0 Å². The fraction of sp³-hybridized carbons (Fsp3) is 0.889. The Hall–Kier alpha value is -0.630. The average molecular weight is 398 g/mol. The standard InChI is InChI=1S/C27H43NO/c1-17(29)19-11-13-25(6)21-10-9-20-23(3,4)22(28(7)8)12-14-26(20)18(2)27(21,26)16-15-24(19,25)5/h11,18,20-22H,9-10,12-16H2,1-8H3/t18-,20+,21+,22+,24-,25+,26?,27+/m1/s1. The number of rotatable bonds is 2. The summed E-state index contributed by atoms with van der Waals surface area (Å²) in [4.78, 5) is 15.0. The van der Waals surface area contributed by atoms with E-state index in [-0.39, 0.29) is 10.8 Å². The highest BCUT2D eigenvalue weighted by molar-refractivity contribution is 5.95. The van der Waals surface area contributed by atoms with Gasteiger partial charge in [0.05, 0.1) is 0 Å². The number of carbonyl (C=O) groups excluding carboxylic acids is 1. The third-order valence-electron chi connectivity index (χ3n) is 12.3. The van der Waals surface area contributed by atoms with Crippen molar-refractivity contribution in [3.8, 4) is 0 Å². The number of Topliss-reactive ketones (excluding diaryl/α,β-unsaturated/α-hetero) is 1. The summed E-state index contributed by atoms with van der Waals surface area (Å²) in [6, 6.07) is 0.710. The molecule has 162 valence electrons. The van der Waals surface area contributed by atoms with Gasteiger partial charge >= 0.3 is 0 Å². The van der Waals surface area contributed by atoms with Crippen LogP contribution in [0.15, 0.2) is 11.6 Å². The molecule has 0 aromatic heterocycles. The maximum absolute atomic E-state index is 12.5. The molecule has 2 heteroatoms. The molecule has 4 fully saturated rings. The molecule has 4 saturated carbocycles. The van der Waals surface area contributed by atoms with E-state index in [1.165, 1.54) is 38.5 Å². The molecule has 5 rings (SSSR count). The maximum atomic E-state index is 12.5. The Morgan fingerprint density at radius 2 is 1.59 bits per heavy atom. The summed E-state index contributed by atoms with van der Waals surface area (Å²) >= 11 is 0. The lowest BCUT2D eigenvalue weighted by Gasteiger charge is -2.63. The molecule has 0 bridgehead atoms. The van der Waals surface area contributed by atoms with Crippen molar-refractivity contribution in [2.75, 3.05) is 14.1 Å². The van der Waals surface area contributed by atoms with Gasteiger partial charge in [-0.3, -0.25) is 4.79 Å². The highest BCUT2D eigenvalue weighted by atomic mass is 16.1. The van der Waals surface area contributed by atoms with Crippen LogP contribution in [-0.2, 0) is 4.79 Å². The molecule has 8 atom stereocenters. The molecule has 2 spiro atoms. The number of nitrogens with zero attached hydrogens (tertiary/aromatic N) is 1. The van der Waals surface area contributed by atoms with Gasteiger partial charge in [0, 0.05) is 11.5 Å². The molecular formula is C27H43NO. The van der Waals surface area contributed by atoms with Crippen molar-refractivity contribution in [2.24, 2.45) is 44.8 Å². The van der Waals surface area contributed by atoms with Gasteiger partial charge in [-0.2, -0.15) is 0 Å². The van der Waals surface area contributed by atoms with Crippen molar-refractivity contribution in [1.29, 1.82) is 0 Å². The van der Waals surface area contributed by atoms with Crippen LogP contribution in [0, 0.1) is 44.8 Å². The number of allylic oxidation sites excluding steroid dienone is 2. The first-order chi connectivity index (χ1) is 13.4. The quantitative estimate of drug-likeness (QED) is 0.560. The van der Waals surface area contributed by atoms with Crippen LogP contribution in [0.25, 0.3) is 0 Å². The Labute approximate surface area is 178 Å². The molecule has 1 unspecified atom stereocenters. The van der Waals surface area contributed by atoms with E-state index in [0.717, 1.165) is 29.7 Å². The number of hydrogen-bond acceptors (Lipinski definition) is 2. The van der Waals surface area contributed by atoms with E-state index in [9.17, 15) is 4.79 Å². The summed E-state index contributed by atoms with van der Waals surface area (Å²) < 4.78 is 0. The Kier molecular flexibility index (Phi) is 3.91. The Balaban J connectivity index is 1.56. The zero-order valence-corrected chi connectivity index (χ0v) is 20.2. The lowest BCUT2D eigenvalue weighted by molar-refractivity contribution is -0.139. The van der Waals surface area contributed by atoms with Crippen LogP contribution in [0.5, 0.6) is 0 Å². The number of carbonyl (C=O) groups is 1. The number of ketones is 1. The minimum atomic E-state index is 0.0987. The summed E-state index contributed by atoms with van der Waals surface area (Å²) in [7, 11) is 4.59. The highest BCUT2D eigenvalue weighted by Crippen LogP contribution is 2.91. The van der Waals surface area contributed by atoms with Gasteiger partial charge in [-0.25, -0.2) is 0 Å². The normalized spacial score (nSPS) is 54.7. The zero-order chi connectivity index (χ0) is 21.2. The first kappa shape index (κ1) is 20.3. The van der Waals surface area contributed by atoms with Crippen LogP contribution in [-0.4, -0.2) is 30.8 Å². The van der Waals surface area contributed by atoms with Gasteiger partial charge in [0.25, 0.3) is 0 Å². The van der Waals surface area contributed by atoms with E-state index in [4.69, 9.17) is 0 Å². The molecule has 0 aromatic carbocycles. The van der Waals surface area contributed by atoms with Crippen molar-refractivity contribution in [3.05, 3.63) is 11.6 Å². The summed E-state index contributed by atoms with van der Waals surface area (Å²) in [5.41, 5.74) is 3.04.